The minimum absolute atomic E-state index is 0.149. The molecule has 1 saturated heterocycles. The molecule has 1 aromatic rings. The van der Waals surface area contributed by atoms with E-state index in [1.807, 2.05) is 11.8 Å². The van der Waals surface area contributed by atoms with Gasteiger partial charge in [-0.25, -0.2) is 4.79 Å². The summed E-state index contributed by atoms with van der Waals surface area (Å²) in [6.07, 6.45) is -5.03. The third-order valence-corrected chi connectivity index (χ3v) is 5.29. The van der Waals surface area contributed by atoms with Gasteiger partial charge in [0.05, 0.1) is 11.3 Å². The molecule has 0 saturated carbocycles. The van der Waals surface area contributed by atoms with Gasteiger partial charge < -0.3 is 5.11 Å². The van der Waals surface area contributed by atoms with Crippen LogP contribution in [-0.2, 0) is 6.18 Å². The van der Waals surface area contributed by atoms with Crippen molar-refractivity contribution in [2.24, 2.45) is 0 Å². The molecule has 0 radical (unpaired) electrons. The van der Waals surface area contributed by atoms with Crippen molar-refractivity contribution in [3.05, 3.63) is 29.3 Å². The standard InChI is InChI=1S/C15H17F3N2O2S/c16-15(17,18)10-1-2-13-11(9-10)12(3-4-20(13)14(21)22)19-5-7-23-8-6-19/h1-2,9,12H,3-8H2,(H,21,22)/t12-/m0/s1. The average molecular weight is 346 g/mol. The number of halogens is 3. The predicted octanol–water partition coefficient (Wildman–Crippen LogP) is 3.68. The number of carboxylic acid groups (broad SMARTS) is 1. The van der Waals surface area contributed by atoms with Crippen LogP contribution in [0.25, 0.3) is 0 Å². The zero-order valence-corrected chi connectivity index (χ0v) is 13.2. The van der Waals surface area contributed by atoms with E-state index in [4.69, 9.17) is 0 Å². The summed E-state index contributed by atoms with van der Waals surface area (Å²) in [6.45, 7) is 1.94. The molecule has 1 atom stereocenters. The molecule has 1 N–H and O–H groups in total. The lowest BCUT2D eigenvalue weighted by molar-refractivity contribution is -0.137. The van der Waals surface area contributed by atoms with E-state index >= 15 is 0 Å². The van der Waals surface area contributed by atoms with E-state index in [-0.39, 0.29) is 6.04 Å². The zero-order valence-electron chi connectivity index (χ0n) is 12.3. The lowest BCUT2D eigenvalue weighted by Gasteiger charge is -2.40. The second kappa shape index (κ2) is 6.24. The highest BCUT2D eigenvalue weighted by Gasteiger charge is 2.36. The minimum atomic E-state index is -4.43. The van der Waals surface area contributed by atoms with Crippen LogP contribution in [0, 0.1) is 0 Å². The van der Waals surface area contributed by atoms with Gasteiger partial charge in [-0.05, 0) is 30.2 Å². The molecule has 0 bridgehead atoms. The van der Waals surface area contributed by atoms with Crippen molar-refractivity contribution >= 4 is 23.5 Å². The van der Waals surface area contributed by atoms with E-state index in [1.165, 1.54) is 6.07 Å². The lowest BCUT2D eigenvalue weighted by Crippen LogP contribution is -2.43. The summed E-state index contributed by atoms with van der Waals surface area (Å²) in [7, 11) is 0. The first-order valence-electron chi connectivity index (χ1n) is 7.41. The monoisotopic (exact) mass is 346 g/mol. The van der Waals surface area contributed by atoms with Crippen LogP contribution in [0.1, 0.15) is 23.6 Å². The highest BCUT2D eigenvalue weighted by molar-refractivity contribution is 7.99. The van der Waals surface area contributed by atoms with Crippen molar-refractivity contribution in [3.8, 4) is 0 Å². The Morgan fingerprint density at radius 2 is 1.91 bits per heavy atom. The molecule has 126 valence electrons. The molecule has 2 heterocycles. The van der Waals surface area contributed by atoms with Gasteiger partial charge in [-0.3, -0.25) is 9.80 Å². The van der Waals surface area contributed by atoms with Gasteiger partial charge in [0.2, 0.25) is 0 Å². The fraction of sp³-hybridized carbons (Fsp3) is 0.533. The second-order valence-electron chi connectivity index (χ2n) is 5.66. The van der Waals surface area contributed by atoms with Gasteiger partial charge >= 0.3 is 12.3 Å². The van der Waals surface area contributed by atoms with E-state index in [0.29, 0.717) is 24.2 Å². The Morgan fingerprint density at radius 1 is 1.22 bits per heavy atom. The quantitative estimate of drug-likeness (QED) is 0.842. The minimum Gasteiger partial charge on any atom is -0.465 e. The Morgan fingerprint density at radius 3 is 2.52 bits per heavy atom. The number of hydrogen-bond acceptors (Lipinski definition) is 3. The first-order valence-corrected chi connectivity index (χ1v) is 8.57. The summed E-state index contributed by atoms with van der Waals surface area (Å²) < 4.78 is 39.1. The van der Waals surface area contributed by atoms with E-state index in [0.717, 1.165) is 41.6 Å². The fourth-order valence-corrected chi connectivity index (χ4v) is 4.17. The molecule has 1 aromatic carbocycles. The molecule has 0 aliphatic carbocycles. The first kappa shape index (κ1) is 16.4. The Balaban J connectivity index is 2.02. The Labute approximate surface area is 136 Å². The number of carbonyl (C=O) groups is 1. The van der Waals surface area contributed by atoms with Crippen molar-refractivity contribution in [1.29, 1.82) is 0 Å². The van der Waals surface area contributed by atoms with Gasteiger partial charge in [0.15, 0.2) is 0 Å². The van der Waals surface area contributed by atoms with Crippen molar-refractivity contribution in [3.63, 3.8) is 0 Å². The highest BCUT2D eigenvalue weighted by Crippen LogP contribution is 2.41. The topological polar surface area (TPSA) is 43.8 Å². The molecule has 1 amide bonds. The summed E-state index contributed by atoms with van der Waals surface area (Å²) in [6, 6.07) is 3.22. The highest BCUT2D eigenvalue weighted by atomic mass is 32.2. The Kier molecular flexibility index (Phi) is 4.46. The van der Waals surface area contributed by atoms with Gasteiger partial charge in [0, 0.05) is 37.2 Å². The van der Waals surface area contributed by atoms with Crippen LogP contribution >= 0.6 is 11.8 Å². The number of thioether (sulfide) groups is 1. The van der Waals surface area contributed by atoms with Gasteiger partial charge in [-0.1, -0.05) is 0 Å². The van der Waals surface area contributed by atoms with Crippen molar-refractivity contribution < 1.29 is 23.1 Å². The van der Waals surface area contributed by atoms with Crippen LogP contribution < -0.4 is 4.90 Å². The molecule has 0 aromatic heterocycles. The molecule has 3 rings (SSSR count). The van der Waals surface area contributed by atoms with E-state index in [2.05, 4.69) is 4.90 Å². The SMILES string of the molecule is O=C(O)N1CC[C@H](N2CCSCC2)c2cc(C(F)(F)F)ccc21. The predicted molar refractivity (Wildman–Crippen MR) is 83.1 cm³/mol. The maximum absolute atomic E-state index is 13.0. The molecule has 2 aliphatic rings. The fourth-order valence-electron chi connectivity index (χ4n) is 3.24. The van der Waals surface area contributed by atoms with Gasteiger partial charge in [-0.15, -0.1) is 0 Å². The lowest BCUT2D eigenvalue weighted by atomic mass is 9.93. The molecule has 23 heavy (non-hydrogen) atoms. The summed E-state index contributed by atoms with van der Waals surface area (Å²) in [5.41, 5.74) is 0.125. The molecule has 4 nitrogen and oxygen atoms in total. The van der Waals surface area contributed by atoms with Crippen LogP contribution in [0.5, 0.6) is 0 Å². The second-order valence-corrected chi connectivity index (χ2v) is 6.88. The number of benzene rings is 1. The van der Waals surface area contributed by atoms with Crippen LogP contribution in [-0.4, -0.2) is 47.2 Å². The number of amides is 1. The molecule has 0 unspecified atom stereocenters. The van der Waals surface area contributed by atoms with Crippen molar-refractivity contribution in [1.82, 2.24) is 4.90 Å². The van der Waals surface area contributed by atoms with E-state index < -0.39 is 17.8 Å². The number of alkyl halides is 3. The van der Waals surface area contributed by atoms with Gasteiger partial charge in [0.25, 0.3) is 0 Å². The molecule has 0 spiro atoms. The number of fused-ring (bicyclic) bond motifs is 1. The van der Waals surface area contributed by atoms with Crippen molar-refractivity contribution in [2.75, 3.05) is 36.0 Å². The van der Waals surface area contributed by atoms with Gasteiger partial charge in [-0.2, -0.15) is 24.9 Å². The zero-order chi connectivity index (χ0) is 16.6. The van der Waals surface area contributed by atoms with Crippen LogP contribution in [0.2, 0.25) is 0 Å². The van der Waals surface area contributed by atoms with Gasteiger partial charge in [0.1, 0.15) is 0 Å². The Hall–Kier alpha value is -1.41. The molecule has 1 fully saturated rings. The van der Waals surface area contributed by atoms with Crippen LogP contribution in [0.4, 0.5) is 23.7 Å². The van der Waals surface area contributed by atoms with Crippen LogP contribution in [0.15, 0.2) is 18.2 Å². The average Bonchev–Trinajstić information content (AvgIpc) is 2.53. The smallest absolute Gasteiger partial charge is 0.416 e. The Bertz CT molecular complexity index is 603. The first-order chi connectivity index (χ1) is 10.9. The number of hydrogen-bond donors (Lipinski definition) is 1. The summed E-state index contributed by atoms with van der Waals surface area (Å²) >= 11 is 1.83. The van der Waals surface area contributed by atoms with E-state index in [1.54, 1.807) is 0 Å². The largest absolute Gasteiger partial charge is 0.465 e. The van der Waals surface area contributed by atoms with Crippen LogP contribution in [0.3, 0.4) is 0 Å². The number of anilines is 1. The molecule has 8 heteroatoms. The summed E-state index contributed by atoms with van der Waals surface area (Å²) in [5, 5.41) is 9.30. The third kappa shape index (κ3) is 3.28. The number of rotatable bonds is 1. The summed E-state index contributed by atoms with van der Waals surface area (Å²) in [5.74, 6) is 1.90. The van der Waals surface area contributed by atoms with Crippen molar-refractivity contribution in [2.45, 2.75) is 18.6 Å². The summed E-state index contributed by atoms with van der Waals surface area (Å²) in [4.78, 5) is 14.7. The molecular formula is C15H17F3N2O2S. The maximum atomic E-state index is 13.0. The molecule has 2 aliphatic heterocycles. The number of nitrogens with zero attached hydrogens (tertiary/aromatic N) is 2. The van der Waals surface area contributed by atoms with E-state index in [9.17, 15) is 23.1 Å². The normalized spacial score (nSPS) is 22.7. The third-order valence-electron chi connectivity index (χ3n) is 4.35. The molecular weight excluding hydrogens is 329 g/mol. The maximum Gasteiger partial charge on any atom is 0.416 e.